The van der Waals surface area contributed by atoms with Crippen molar-refractivity contribution in [3.63, 3.8) is 0 Å². The molecule has 2 heterocycles. The average molecular weight is 317 g/mol. The number of aryl methyl sites for hydroxylation is 2. The minimum atomic E-state index is -0.428. The van der Waals surface area contributed by atoms with Gasteiger partial charge in [0.05, 0.1) is 12.2 Å². The zero-order chi connectivity index (χ0) is 17.1. The molecule has 0 aromatic carbocycles. The summed E-state index contributed by atoms with van der Waals surface area (Å²) in [4.78, 5) is 31.0. The van der Waals surface area contributed by atoms with E-state index in [1.54, 1.807) is 0 Å². The maximum Gasteiger partial charge on any atom is 0.263 e. The first-order valence-corrected chi connectivity index (χ1v) is 7.69. The smallest absolute Gasteiger partial charge is 0.263 e. The van der Waals surface area contributed by atoms with Crippen LogP contribution in [0.15, 0.2) is 17.1 Å². The van der Waals surface area contributed by atoms with E-state index in [1.807, 2.05) is 45.4 Å². The van der Waals surface area contributed by atoms with E-state index < -0.39 is 11.5 Å². The number of nitrogens with one attached hydrogen (secondary N) is 2. The third kappa shape index (κ3) is 4.06. The van der Waals surface area contributed by atoms with Crippen LogP contribution in [0.5, 0.6) is 0 Å². The molecule has 7 heteroatoms. The predicted molar refractivity (Wildman–Crippen MR) is 87.6 cm³/mol. The molecule has 2 aromatic rings. The molecule has 0 fully saturated rings. The van der Waals surface area contributed by atoms with Crippen molar-refractivity contribution in [2.75, 3.05) is 0 Å². The Morgan fingerprint density at radius 3 is 2.57 bits per heavy atom. The molecule has 2 rings (SSSR count). The van der Waals surface area contributed by atoms with Crippen molar-refractivity contribution < 1.29 is 4.79 Å². The van der Waals surface area contributed by atoms with Crippen LogP contribution in [0.1, 0.15) is 54.3 Å². The van der Waals surface area contributed by atoms with Crippen LogP contribution in [0.2, 0.25) is 0 Å². The molecular weight excluding hydrogens is 294 g/mol. The van der Waals surface area contributed by atoms with Crippen LogP contribution in [0.25, 0.3) is 0 Å². The van der Waals surface area contributed by atoms with E-state index in [-0.39, 0.29) is 17.5 Å². The Kier molecular flexibility index (Phi) is 4.98. The molecule has 2 aromatic heterocycles. The molecule has 7 nitrogen and oxygen atoms in total. The standard InChI is InChI=1S/C16H23N5O2/c1-9(2)14-17-7-13(16(23)19-14)15(22)18-11(4)8-21-12(5)6-10(3)20-21/h6-7,9,11H,8H2,1-5H3,(H,18,22)(H,17,19,23). The molecule has 0 radical (unpaired) electrons. The monoisotopic (exact) mass is 317 g/mol. The number of H-pyrrole nitrogens is 1. The van der Waals surface area contributed by atoms with Gasteiger partial charge in [0.25, 0.3) is 11.5 Å². The molecule has 0 spiro atoms. The molecule has 0 aliphatic carbocycles. The van der Waals surface area contributed by atoms with Gasteiger partial charge in [0, 0.05) is 23.9 Å². The largest absolute Gasteiger partial charge is 0.347 e. The van der Waals surface area contributed by atoms with Crippen molar-refractivity contribution in [2.24, 2.45) is 0 Å². The fourth-order valence-corrected chi connectivity index (χ4v) is 2.33. The van der Waals surface area contributed by atoms with Gasteiger partial charge in [0.15, 0.2) is 0 Å². The van der Waals surface area contributed by atoms with Crippen molar-refractivity contribution in [1.82, 2.24) is 25.1 Å². The van der Waals surface area contributed by atoms with Gasteiger partial charge in [-0.3, -0.25) is 14.3 Å². The van der Waals surface area contributed by atoms with Crippen molar-refractivity contribution in [3.05, 3.63) is 45.4 Å². The summed E-state index contributed by atoms with van der Waals surface area (Å²) in [5, 5.41) is 7.17. The van der Waals surface area contributed by atoms with Gasteiger partial charge in [-0.05, 0) is 26.8 Å². The second kappa shape index (κ2) is 6.76. The van der Waals surface area contributed by atoms with Gasteiger partial charge in [-0.15, -0.1) is 0 Å². The molecule has 0 saturated heterocycles. The number of aromatic amines is 1. The Balaban J connectivity index is 2.06. The van der Waals surface area contributed by atoms with E-state index in [9.17, 15) is 9.59 Å². The summed E-state index contributed by atoms with van der Waals surface area (Å²) in [7, 11) is 0. The fourth-order valence-electron chi connectivity index (χ4n) is 2.33. The van der Waals surface area contributed by atoms with Crippen molar-refractivity contribution >= 4 is 5.91 Å². The first-order valence-electron chi connectivity index (χ1n) is 7.69. The molecule has 1 atom stereocenters. The number of aromatic nitrogens is 4. The number of carbonyl (C=O) groups excluding carboxylic acids is 1. The summed E-state index contributed by atoms with van der Waals surface area (Å²) in [6, 6.07) is 1.82. The number of rotatable bonds is 5. The summed E-state index contributed by atoms with van der Waals surface area (Å²) in [6.07, 6.45) is 1.33. The molecule has 2 N–H and O–H groups in total. The lowest BCUT2D eigenvalue weighted by Crippen LogP contribution is -2.39. The van der Waals surface area contributed by atoms with Gasteiger partial charge >= 0.3 is 0 Å². The van der Waals surface area contributed by atoms with Gasteiger partial charge in [0.1, 0.15) is 11.4 Å². The van der Waals surface area contributed by atoms with Crippen LogP contribution in [-0.2, 0) is 6.54 Å². The number of amides is 1. The predicted octanol–water partition coefficient (Wildman–Crippen LogP) is 1.53. The molecule has 1 amide bonds. The normalized spacial score (nSPS) is 12.4. The molecule has 124 valence electrons. The van der Waals surface area contributed by atoms with Crippen LogP contribution >= 0.6 is 0 Å². The van der Waals surface area contributed by atoms with Gasteiger partial charge in [-0.1, -0.05) is 13.8 Å². The summed E-state index contributed by atoms with van der Waals surface area (Å²) < 4.78 is 1.84. The average Bonchev–Trinajstić information content (AvgIpc) is 2.76. The van der Waals surface area contributed by atoms with E-state index in [0.717, 1.165) is 11.4 Å². The van der Waals surface area contributed by atoms with Crippen LogP contribution < -0.4 is 10.9 Å². The third-order valence-electron chi connectivity index (χ3n) is 3.54. The molecule has 0 aliphatic rings. The SMILES string of the molecule is Cc1cc(C)n(CC(C)NC(=O)c2cnc(C(C)C)[nH]c2=O)n1. The van der Waals surface area contributed by atoms with Crippen molar-refractivity contribution in [2.45, 2.75) is 53.1 Å². The number of hydrogen-bond acceptors (Lipinski definition) is 4. The lowest BCUT2D eigenvalue weighted by atomic mass is 10.2. The summed E-state index contributed by atoms with van der Waals surface area (Å²) in [6.45, 7) is 10.2. The third-order valence-corrected chi connectivity index (χ3v) is 3.54. The second-order valence-corrected chi connectivity index (χ2v) is 6.15. The number of hydrogen-bond donors (Lipinski definition) is 2. The van der Waals surface area contributed by atoms with E-state index >= 15 is 0 Å². The summed E-state index contributed by atoms with van der Waals surface area (Å²) in [5.41, 5.74) is 1.57. The van der Waals surface area contributed by atoms with Gasteiger partial charge < -0.3 is 10.3 Å². The molecule has 0 bridgehead atoms. The zero-order valence-electron chi connectivity index (χ0n) is 14.2. The summed E-state index contributed by atoms with van der Waals surface area (Å²) in [5.74, 6) is 0.245. The molecule has 0 saturated carbocycles. The Hall–Kier alpha value is -2.44. The van der Waals surface area contributed by atoms with Gasteiger partial charge in [0.2, 0.25) is 0 Å². The summed E-state index contributed by atoms with van der Waals surface area (Å²) >= 11 is 0. The molecule has 1 unspecified atom stereocenters. The van der Waals surface area contributed by atoms with E-state index in [2.05, 4.69) is 20.4 Å². The van der Waals surface area contributed by atoms with Crippen LogP contribution in [0.4, 0.5) is 0 Å². The highest BCUT2D eigenvalue weighted by molar-refractivity contribution is 5.93. The Morgan fingerprint density at radius 1 is 1.35 bits per heavy atom. The minimum absolute atomic E-state index is 0.0228. The fraction of sp³-hybridized carbons (Fsp3) is 0.500. The van der Waals surface area contributed by atoms with E-state index in [1.165, 1.54) is 6.20 Å². The maximum absolute atomic E-state index is 12.2. The minimum Gasteiger partial charge on any atom is -0.347 e. The van der Waals surface area contributed by atoms with Crippen molar-refractivity contribution in [3.8, 4) is 0 Å². The van der Waals surface area contributed by atoms with E-state index in [0.29, 0.717) is 12.4 Å². The zero-order valence-corrected chi connectivity index (χ0v) is 14.2. The lowest BCUT2D eigenvalue weighted by Gasteiger charge is -2.15. The highest BCUT2D eigenvalue weighted by Gasteiger charge is 2.16. The molecule has 0 aliphatic heterocycles. The quantitative estimate of drug-likeness (QED) is 0.874. The Bertz CT molecular complexity index is 760. The van der Waals surface area contributed by atoms with Crippen LogP contribution in [0, 0.1) is 13.8 Å². The van der Waals surface area contributed by atoms with Crippen LogP contribution in [-0.4, -0.2) is 31.7 Å². The number of carbonyl (C=O) groups is 1. The van der Waals surface area contributed by atoms with E-state index in [4.69, 9.17) is 0 Å². The Labute approximate surface area is 135 Å². The highest BCUT2D eigenvalue weighted by Crippen LogP contribution is 2.06. The highest BCUT2D eigenvalue weighted by atomic mass is 16.2. The second-order valence-electron chi connectivity index (χ2n) is 6.15. The Morgan fingerprint density at radius 2 is 2.04 bits per heavy atom. The first-order chi connectivity index (χ1) is 10.8. The first kappa shape index (κ1) is 16.9. The van der Waals surface area contributed by atoms with Gasteiger partial charge in [-0.25, -0.2) is 4.98 Å². The van der Waals surface area contributed by atoms with Gasteiger partial charge in [-0.2, -0.15) is 5.10 Å². The lowest BCUT2D eigenvalue weighted by molar-refractivity contribution is 0.0933. The van der Waals surface area contributed by atoms with Crippen molar-refractivity contribution in [1.29, 1.82) is 0 Å². The molecule has 23 heavy (non-hydrogen) atoms. The van der Waals surface area contributed by atoms with Crippen LogP contribution in [0.3, 0.4) is 0 Å². The number of nitrogens with zero attached hydrogens (tertiary/aromatic N) is 3. The maximum atomic E-state index is 12.2. The topological polar surface area (TPSA) is 92.7 Å². The molecular formula is C16H23N5O2.